The zero-order valence-corrected chi connectivity index (χ0v) is 8.62. The molecule has 0 atom stereocenters. The van der Waals surface area contributed by atoms with E-state index in [0.717, 1.165) is 5.56 Å². The first-order valence-corrected chi connectivity index (χ1v) is 5.39. The molecule has 1 nitrogen and oxygen atoms in total. The standard InChI is InChI=1S/C13H16O/c1-10(14)12-8-4-5-9-13(12)11-6-2-3-7-11/h4-5,8-9,11H,2-3,6-7H2,1H3. The Morgan fingerprint density at radius 2 is 1.86 bits per heavy atom. The van der Waals surface area contributed by atoms with Gasteiger partial charge in [-0.3, -0.25) is 4.79 Å². The molecule has 14 heavy (non-hydrogen) atoms. The normalized spacial score (nSPS) is 17.2. The Morgan fingerprint density at radius 1 is 1.21 bits per heavy atom. The Bertz CT molecular complexity index is 335. The van der Waals surface area contributed by atoms with E-state index in [1.54, 1.807) is 6.92 Å². The molecule has 1 aliphatic carbocycles. The summed E-state index contributed by atoms with van der Waals surface area (Å²) in [7, 11) is 0. The van der Waals surface area contributed by atoms with Gasteiger partial charge in [0.1, 0.15) is 0 Å². The van der Waals surface area contributed by atoms with Crippen LogP contribution in [-0.4, -0.2) is 5.78 Å². The third-order valence-corrected chi connectivity index (χ3v) is 3.14. The predicted octanol–water partition coefficient (Wildman–Crippen LogP) is 3.55. The Morgan fingerprint density at radius 3 is 2.50 bits per heavy atom. The predicted molar refractivity (Wildman–Crippen MR) is 57.7 cm³/mol. The van der Waals surface area contributed by atoms with Gasteiger partial charge in [-0.05, 0) is 31.2 Å². The van der Waals surface area contributed by atoms with Crippen LogP contribution in [0, 0.1) is 0 Å². The fourth-order valence-corrected chi connectivity index (χ4v) is 2.41. The van der Waals surface area contributed by atoms with Crippen molar-refractivity contribution in [2.75, 3.05) is 0 Å². The SMILES string of the molecule is CC(=O)c1ccccc1C1CCCC1. The maximum Gasteiger partial charge on any atom is 0.160 e. The summed E-state index contributed by atoms with van der Waals surface area (Å²) in [5.74, 6) is 0.836. The van der Waals surface area contributed by atoms with Gasteiger partial charge in [-0.2, -0.15) is 0 Å². The summed E-state index contributed by atoms with van der Waals surface area (Å²) in [6, 6.07) is 8.07. The van der Waals surface area contributed by atoms with Crippen LogP contribution < -0.4 is 0 Å². The Hall–Kier alpha value is -1.11. The van der Waals surface area contributed by atoms with Gasteiger partial charge in [0.2, 0.25) is 0 Å². The summed E-state index contributed by atoms with van der Waals surface area (Å²) in [5.41, 5.74) is 2.21. The summed E-state index contributed by atoms with van der Waals surface area (Å²) in [4.78, 5) is 11.4. The van der Waals surface area contributed by atoms with Crippen molar-refractivity contribution in [3.63, 3.8) is 0 Å². The maximum atomic E-state index is 11.4. The number of carbonyl (C=O) groups is 1. The van der Waals surface area contributed by atoms with Crippen molar-refractivity contribution in [1.29, 1.82) is 0 Å². The summed E-state index contributed by atoms with van der Waals surface area (Å²) < 4.78 is 0. The minimum atomic E-state index is 0.201. The molecule has 0 unspecified atom stereocenters. The number of rotatable bonds is 2. The second-order valence-electron chi connectivity index (χ2n) is 4.12. The van der Waals surface area contributed by atoms with E-state index in [0.29, 0.717) is 5.92 Å². The van der Waals surface area contributed by atoms with E-state index in [9.17, 15) is 4.79 Å². The quantitative estimate of drug-likeness (QED) is 0.649. The maximum absolute atomic E-state index is 11.4. The first-order valence-electron chi connectivity index (χ1n) is 5.39. The molecule has 1 saturated carbocycles. The molecular formula is C13H16O. The zero-order chi connectivity index (χ0) is 9.97. The molecule has 1 aromatic carbocycles. The molecule has 1 fully saturated rings. The van der Waals surface area contributed by atoms with Crippen molar-refractivity contribution in [2.45, 2.75) is 38.5 Å². The molecule has 74 valence electrons. The van der Waals surface area contributed by atoms with Crippen LogP contribution in [0.3, 0.4) is 0 Å². The van der Waals surface area contributed by atoms with Crippen LogP contribution >= 0.6 is 0 Å². The monoisotopic (exact) mass is 188 g/mol. The number of Topliss-reactive ketones (excluding diaryl/α,β-unsaturated/α-hetero) is 1. The number of ketones is 1. The number of benzene rings is 1. The highest BCUT2D eigenvalue weighted by molar-refractivity contribution is 5.95. The van der Waals surface area contributed by atoms with Crippen molar-refractivity contribution in [3.05, 3.63) is 35.4 Å². The lowest BCUT2D eigenvalue weighted by Gasteiger charge is -2.12. The van der Waals surface area contributed by atoms with Gasteiger partial charge in [0.25, 0.3) is 0 Å². The van der Waals surface area contributed by atoms with Crippen LogP contribution in [0.4, 0.5) is 0 Å². The number of carbonyl (C=O) groups excluding carboxylic acids is 1. The van der Waals surface area contributed by atoms with Gasteiger partial charge < -0.3 is 0 Å². The Labute approximate surface area is 85.1 Å². The van der Waals surface area contributed by atoms with Gasteiger partial charge in [-0.25, -0.2) is 0 Å². The van der Waals surface area contributed by atoms with Crippen molar-refractivity contribution in [3.8, 4) is 0 Å². The van der Waals surface area contributed by atoms with E-state index < -0.39 is 0 Å². The molecule has 0 radical (unpaired) electrons. The van der Waals surface area contributed by atoms with Crippen molar-refractivity contribution in [1.82, 2.24) is 0 Å². The first-order chi connectivity index (χ1) is 6.79. The third-order valence-electron chi connectivity index (χ3n) is 3.14. The van der Waals surface area contributed by atoms with Crippen molar-refractivity contribution < 1.29 is 4.79 Å². The smallest absolute Gasteiger partial charge is 0.160 e. The summed E-state index contributed by atoms with van der Waals surface area (Å²) >= 11 is 0. The molecule has 1 aromatic rings. The van der Waals surface area contributed by atoms with Gasteiger partial charge in [0.15, 0.2) is 5.78 Å². The topological polar surface area (TPSA) is 17.1 Å². The highest BCUT2D eigenvalue weighted by Crippen LogP contribution is 2.35. The van der Waals surface area contributed by atoms with Gasteiger partial charge in [0, 0.05) is 5.56 Å². The first kappa shape index (κ1) is 9.45. The van der Waals surface area contributed by atoms with Crippen molar-refractivity contribution in [2.24, 2.45) is 0 Å². The molecule has 0 spiro atoms. The highest BCUT2D eigenvalue weighted by atomic mass is 16.1. The lowest BCUT2D eigenvalue weighted by Crippen LogP contribution is -2.02. The number of hydrogen-bond acceptors (Lipinski definition) is 1. The van der Waals surface area contributed by atoms with Crippen LogP contribution in [-0.2, 0) is 0 Å². The third kappa shape index (κ3) is 1.72. The summed E-state index contributed by atoms with van der Waals surface area (Å²) in [6.07, 6.45) is 5.14. The van der Waals surface area contributed by atoms with Crippen LogP contribution in [0.2, 0.25) is 0 Å². The Kier molecular flexibility index (Phi) is 2.67. The molecule has 0 bridgehead atoms. The van der Waals surface area contributed by atoms with E-state index in [2.05, 4.69) is 6.07 Å². The van der Waals surface area contributed by atoms with E-state index in [1.165, 1.54) is 31.2 Å². The fourth-order valence-electron chi connectivity index (χ4n) is 2.41. The minimum absolute atomic E-state index is 0.201. The molecule has 0 saturated heterocycles. The molecular weight excluding hydrogens is 172 g/mol. The number of hydrogen-bond donors (Lipinski definition) is 0. The van der Waals surface area contributed by atoms with E-state index in [1.807, 2.05) is 18.2 Å². The van der Waals surface area contributed by atoms with Crippen LogP contribution in [0.25, 0.3) is 0 Å². The minimum Gasteiger partial charge on any atom is -0.295 e. The van der Waals surface area contributed by atoms with Crippen molar-refractivity contribution >= 4 is 5.78 Å². The second kappa shape index (κ2) is 3.95. The second-order valence-corrected chi connectivity index (χ2v) is 4.12. The molecule has 0 aliphatic heterocycles. The van der Waals surface area contributed by atoms with E-state index in [4.69, 9.17) is 0 Å². The molecule has 0 aromatic heterocycles. The van der Waals surface area contributed by atoms with Crippen LogP contribution in [0.15, 0.2) is 24.3 Å². The average Bonchev–Trinajstić information content (AvgIpc) is 2.70. The van der Waals surface area contributed by atoms with E-state index >= 15 is 0 Å². The molecule has 0 heterocycles. The summed E-state index contributed by atoms with van der Waals surface area (Å²) in [6.45, 7) is 1.66. The van der Waals surface area contributed by atoms with Gasteiger partial charge >= 0.3 is 0 Å². The molecule has 0 N–H and O–H groups in total. The lowest BCUT2D eigenvalue weighted by atomic mass is 9.91. The van der Waals surface area contributed by atoms with E-state index in [-0.39, 0.29) is 5.78 Å². The largest absolute Gasteiger partial charge is 0.295 e. The van der Waals surface area contributed by atoms with Crippen LogP contribution in [0.1, 0.15) is 54.4 Å². The molecule has 2 rings (SSSR count). The fraction of sp³-hybridized carbons (Fsp3) is 0.462. The molecule has 1 aliphatic rings. The van der Waals surface area contributed by atoms with Gasteiger partial charge in [-0.15, -0.1) is 0 Å². The van der Waals surface area contributed by atoms with Crippen LogP contribution in [0.5, 0.6) is 0 Å². The molecule has 1 heteroatoms. The van der Waals surface area contributed by atoms with Gasteiger partial charge in [0.05, 0.1) is 0 Å². The zero-order valence-electron chi connectivity index (χ0n) is 8.62. The molecule has 0 amide bonds. The highest BCUT2D eigenvalue weighted by Gasteiger charge is 2.20. The van der Waals surface area contributed by atoms with Gasteiger partial charge in [-0.1, -0.05) is 37.1 Å². The summed E-state index contributed by atoms with van der Waals surface area (Å²) in [5, 5.41) is 0. The average molecular weight is 188 g/mol. The lowest BCUT2D eigenvalue weighted by molar-refractivity contribution is 0.101. The Balaban J connectivity index is 2.35.